The predicted molar refractivity (Wildman–Crippen MR) is 101 cm³/mol. The van der Waals surface area contributed by atoms with E-state index in [4.69, 9.17) is 11.6 Å². The third-order valence-corrected chi connectivity index (χ3v) is 5.45. The summed E-state index contributed by atoms with van der Waals surface area (Å²) < 4.78 is 39.9. The highest BCUT2D eigenvalue weighted by Crippen LogP contribution is 2.36. The lowest BCUT2D eigenvalue weighted by atomic mass is 10.2. The summed E-state index contributed by atoms with van der Waals surface area (Å²) in [7, 11) is 0. The number of fused-ring (bicyclic) bond motifs is 1. The Morgan fingerprint density at radius 3 is 2.85 bits per heavy atom. The number of hydrogen-bond acceptors (Lipinski definition) is 5. The SMILES string of the molecule is O=C(CSCc1cc(=O)n2ccsc2n1)Nc1ccc(Cl)c(C(F)(F)F)c1. The van der Waals surface area contributed by atoms with Gasteiger partial charge in [0.1, 0.15) is 0 Å². The second-order valence-electron chi connectivity index (χ2n) is 5.37. The minimum atomic E-state index is -4.60. The number of aromatic nitrogens is 2. The molecule has 0 saturated carbocycles. The van der Waals surface area contributed by atoms with Gasteiger partial charge in [0.15, 0.2) is 4.96 Å². The molecule has 0 atom stereocenters. The highest BCUT2D eigenvalue weighted by Gasteiger charge is 2.33. The molecule has 11 heteroatoms. The molecule has 27 heavy (non-hydrogen) atoms. The van der Waals surface area contributed by atoms with Crippen LogP contribution in [0.2, 0.25) is 5.02 Å². The van der Waals surface area contributed by atoms with Crippen LogP contribution in [0.15, 0.2) is 40.6 Å². The monoisotopic (exact) mass is 433 g/mol. The first-order chi connectivity index (χ1) is 12.7. The largest absolute Gasteiger partial charge is 0.417 e. The summed E-state index contributed by atoms with van der Waals surface area (Å²) >= 11 is 8.07. The van der Waals surface area contributed by atoms with Gasteiger partial charge in [0, 0.05) is 29.1 Å². The van der Waals surface area contributed by atoms with Gasteiger partial charge in [-0.3, -0.25) is 14.0 Å². The van der Waals surface area contributed by atoms with E-state index >= 15 is 0 Å². The fourth-order valence-corrected chi connectivity index (χ4v) is 3.91. The molecule has 0 aliphatic carbocycles. The van der Waals surface area contributed by atoms with Gasteiger partial charge < -0.3 is 5.32 Å². The smallest absolute Gasteiger partial charge is 0.325 e. The second-order valence-corrected chi connectivity index (χ2v) is 7.64. The first-order valence-electron chi connectivity index (χ1n) is 7.44. The molecule has 1 aromatic carbocycles. The number of thioether (sulfide) groups is 1. The van der Waals surface area contributed by atoms with Crippen LogP contribution in [0.5, 0.6) is 0 Å². The van der Waals surface area contributed by atoms with Crippen molar-refractivity contribution in [2.24, 2.45) is 0 Å². The summed E-state index contributed by atoms with van der Waals surface area (Å²) in [5.41, 5.74) is -0.675. The molecule has 5 nitrogen and oxygen atoms in total. The number of halogens is 4. The van der Waals surface area contributed by atoms with Gasteiger partial charge in [-0.05, 0) is 18.2 Å². The molecule has 1 amide bonds. The number of nitrogens with zero attached hydrogens (tertiary/aromatic N) is 2. The van der Waals surface area contributed by atoms with Gasteiger partial charge in [0.2, 0.25) is 5.91 Å². The van der Waals surface area contributed by atoms with Gasteiger partial charge in [-0.1, -0.05) is 11.6 Å². The van der Waals surface area contributed by atoms with E-state index in [2.05, 4.69) is 10.3 Å². The van der Waals surface area contributed by atoms with E-state index in [1.807, 2.05) is 0 Å². The average Bonchev–Trinajstić information content (AvgIpc) is 3.05. The Bertz CT molecular complexity index is 1050. The first-order valence-corrected chi connectivity index (χ1v) is 9.85. The lowest BCUT2D eigenvalue weighted by molar-refractivity contribution is -0.137. The van der Waals surface area contributed by atoms with E-state index in [1.54, 1.807) is 11.6 Å². The van der Waals surface area contributed by atoms with Crippen molar-refractivity contribution in [3.63, 3.8) is 0 Å². The molecular formula is C16H11ClF3N3O2S2. The van der Waals surface area contributed by atoms with Crippen LogP contribution in [0.1, 0.15) is 11.3 Å². The molecule has 0 aliphatic heterocycles. The van der Waals surface area contributed by atoms with Crippen LogP contribution in [-0.2, 0) is 16.7 Å². The zero-order chi connectivity index (χ0) is 19.6. The van der Waals surface area contributed by atoms with Crippen molar-refractivity contribution in [2.45, 2.75) is 11.9 Å². The Morgan fingerprint density at radius 1 is 1.33 bits per heavy atom. The molecule has 1 N–H and O–H groups in total. The van der Waals surface area contributed by atoms with Gasteiger partial charge in [0.25, 0.3) is 5.56 Å². The summed E-state index contributed by atoms with van der Waals surface area (Å²) in [6.07, 6.45) is -2.98. The predicted octanol–water partition coefficient (Wildman–Crippen LogP) is 4.30. The van der Waals surface area contributed by atoms with Gasteiger partial charge >= 0.3 is 6.18 Å². The summed E-state index contributed by atoms with van der Waals surface area (Å²) in [6.45, 7) is 0. The van der Waals surface area contributed by atoms with Crippen LogP contribution in [0.4, 0.5) is 18.9 Å². The number of rotatable bonds is 5. The van der Waals surface area contributed by atoms with E-state index in [9.17, 15) is 22.8 Å². The maximum Gasteiger partial charge on any atom is 0.417 e. The van der Waals surface area contributed by atoms with Crippen LogP contribution in [0, 0.1) is 0 Å². The maximum atomic E-state index is 12.8. The topological polar surface area (TPSA) is 63.5 Å². The van der Waals surface area contributed by atoms with E-state index in [1.165, 1.54) is 39.6 Å². The minimum Gasteiger partial charge on any atom is -0.325 e. The Balaban J connectivity index is 1.59. The number of nitrogens with one attached hydrogen (secondary N) is 1. The lowest BCUT2D eigenvalue weighted by Crippen LogP contribution is -2.16. The van der Waals surface area contributed by atoms with Crippen LogP contribution in [-0.4, -0.2) is 21.0 Å². The number of anilines is 1. The summed E-state index contributed by atoms with van der Waals surface area (Å²) in [6, 6.07) is 4.56. The van der Waals surface area contributed by atoms with E-state index in [0.29, 0.717) is 16.4 Å². The highest BCUT2D eigenvalue weighted by atomic mass is 35.5. The quantitative estimate of drug-likeness (QED) is 0.651. The molecule has 0 spiro atoms. The fourth-order valence-electron chi connectivity index (χ4n) is 2.23. The van der Waals surface area contributed by atoms with Crippen molar-refractivity contribution in [3.8, 4) is 0 Å². The molecule has 142 valence electrons. The molecule has 2 aromatic heterocycles. The normalized spacial score (nSPS) is 11.7. The van der Waals surface area contributed by atoms with Crippen LogP contribution >= 0.6 is 34.7 Å². The molecule has 0 aliphatic rings. The van der Waals surface area contributed by atoms with Crippen molar-refractivity contribution < 1.29 is 18.0 Å². The Labute approximate surface area is 164 Å². The number of carbonyl (C=O) groups is 1. The molecule has 2 heterocycles. The second kappa shape index (κ2) is 7.91. The standard InChI is InChI=1S/C16H11ClF3N3O2S2/c17-12-2-1-9(5-11(12)16(18,19)20)21-13(24)8-26-7-10-6-14(25)23-3-4-27-15(23)22-10/h1-6H,7-8H2,(H,21,24). The summed E-state index contributed by atoms with van der Waals surface area (Å²) in [5.74, 6) is -0.148. The molecular weight excluding hydrogens is 423 g/mol. The van der Waals surface area contributed by atoms with E-state index < -0.39 is 22.7 Å². The first kappa shape index (κ1) is 19.7. The van der Waals surface area contributed by atoms with Gasteiger partial charge in [-0.15, -0.1) is 23.1 Å². The van der Waals surface area contributed by atoms with Gasteiger partial charge in [-0.2, -0.15) is 13.2 Å². The van der Waals surface area contributed by atoms with Crippen molar-refractivity contribution in [3.05, 3.63) is 62.5 Å². The van der Waals surface area contributed by atoms with Crippen molar-refractivity contribution >= 4 is 51.3 Å². The molecule has 0 saturated heterocycles. The van der Waals surface area contributed by atoms with Crippen LogP contribution < -0.4 is 10.9 Å². The summed E-state index contributed by atoms with van der Waals surface area (Å²) in [5, 5.41) is 3.71. The Morgan fingerprint density at radius 2 is 2.11 bits per heavy atom. The molecule has 3 rings (SSSR count). The zero-order valence-electron chi connectivity index (χ0n) is 13.4. The van der Waals surface area contributed by atoms with Crippen molar-refractivity contribution in [1.29, 1.82) is 0 Å². The number of hydrogen-bond donors (Lipinski definition) is 1. The van der Waals surface area contributed by atoms with Crippen LogP contribution in [0.3, 0.4) is 0 Å². The van der Waals surface area contributed by atoms with Gasteiger partial charge in [0.05, 0.1) is 22.0 Å². The van der Waals surface area contributed by atoms with E-state index in [-0.39, 0.29) is 17.0 Å². The number of benzene rings is 1. The summed E-state index contributed by atoms with van der Waals surface area (Å²) in [4.78, 5) is 28.7. The number of amides is 1. The van der Waals surface area contributed by atoms with Gasteiger partial charge in [-0.25, -0.2) is 4.98 Å². The third kappa shape index (κ3) is 4.82. The van der Waals surface area contributed by atoms with Crippen LogP contribution in [0.25, 0.3) is 4.96 Å². The Kier molecular flexibility index (Phi) is 5.78. The van der Waals surface area contributed by atoms with Crippen molar-refractivity contribution in [1.82, 2.24) is 9.38 Å². The lowest BCUT2D eigenvalue weighted by Gasteiger charge is -2.11. The third-order valence-electron chi connectivity index (χ3n) is 3.39. The number of alkyl halides is 3. The zero-order valence-corrected chi connectivity index (χ0v) is 15.8. The average molecular weight is 434 g/mol. The molecule has 0 radical (unpaired) electrons. The number of thiazole rings is 1. The maximum absolute atomic E-state index is 12.8. The minimum absolute atomic E-state index is 0.00450. The molecule has 3 aromatic rings. The number of carbonyl (C=O) groups excluding carboxylic acids is 1. The highest BCUT2D eigenvalue weighted by molar-refractivity contribution is 7.99. The van der Waals surface area contributed by atoms with E-state index in [0.717, 1.165) is 12.1 Å². The molecule has 0 fully saturated rings. The molecule has 0 bridgehead atoms. The van der Waals surface area contributed by atoms with Crippen molar-refractivity contribution in [2.75, 3.05) is 11.1 Å². The Hall–Kier alpha value is -2.04. The molecule has 0 unspecified atom stereocenters. The fraction of sp³-hybridized carbons (Fsp3) is 0.188.